The van der Waals surface area contributed by atoms with Gasteiger partial charge < -0.3 is 4.74 Å². The maximum atomic E-state index is 11.1. The third kappa shape index (κ3) is 9.57. The van der Waals surface area contributed by atoms with E-state index in [1.54, 1.807) is 0 Å². The molecule has 124 valence electrons. The van der Waals surface area contributed by atoms with Crippen LogP contribution in [0.2, 0.25) is 0 Å². The molecule has 0 aromatic carbocycles. The largest absolute Gasteiger partial charge is 0.467 e. The lowest BCUT2D eigenvalue weighted by molar-refractivity contribution is -0.139. The van der Waals surface area contributed by atoms with Crippen LogP contribution in [0.15, 0.2) is 26.6 Å². The first-order valence-electron chi connectivity index (χ1n) is 7.98. The molecule has 0 unspecified atom stereocenters. The Labute approximate surface area is 150 Å². The SMILES string of the molecule is COC(=O)[C@@H]1N=C1/C=C\CCCCCCCCCC=C(Br)Br. The quantitative estimate of drug-likeness (QED) is 0.292. The first-order chi connectivity index (χ1) is 10.6. The minimum atomic E-state index is -0.318. The summed E-state index contributed by atoms with van der Waals surface area (Å²) in [5, 5.41) is 0. The molecule has 0 fully saturated rings. The van der Waals surface area contributed by atoms with Crippen LogP contribution in [0.5, 0.6) is 0 Å². The molecule has 0 saturated carbocycles. The number of rotatable bonds is 12. The van der Waals surface area contributed by atoms with E-state index in [4.69, 9.17) is 0 Å². The molecule has 0 bridgehead atoms. The molecule has 22 heavy (non-hydrogen) atoms. The molecule has 1 rings (SSSR count). The number of allylic oxidation sites excluding steroid dienone is 2. The second-order valence-electron chi connectivity index (χ2n) is 5.43. The summed E-state index contributed by atoms with van der Waals surface area (Å²) in [7, 11) is 1.40. The van der Waals surface area contributed by atoms with Gasteiger partial charge in [-0.05, 0) is 63.6 Å². The van der Waals surface area contributed by atoms with Crippen molar-refractivity contribution in [2.45, 2.75) is 63.8 Å². The van der Waals surface area contributed by atoms with Crippen LogP contribution >= 0.6 is 31.9 Å². The molecular weight excluding hydrogens is 410 g/mol. The Bertz CT molecular complexity index is 426. The van der Waals surface area contributed by atoms with Crippen molar-refractivity contribution in [3.8, 4) is 0 Å². The number of carbonyl (C=O) groups is 1. The molecule has 5 heteroatoms. The molecule has 0 aromatic rings. The summed E-state index contributed by atoms with van der Waals surface area (Å²) in [4.78, 5) is 15.2. The van der Waals surface area contributed by atoms with Gasteiger partial charge in [-0.2, -0.15) is 0 Å². The van der Waals surface area contributed by atoms with Crippen LogP contribution in [0.1, 0.15) is 57.8 Å². The number of hydrogen-bond donors (Lipinski definition) is 0. The summed E-state index contributed by atoms with van der Waals surface area (Å²) < 4.78 is 5.69. The van der Waals surface area contributed by atoms with Crippen LogP contribution < -0.4 is 0 Å². The Morgan fingerprint density at radius 1 is 1.09 bits per heavy atom. The third-order valence-corrected chi connectivity index (χ3v) is 4.22. The molecular formula is C17H25Br2NO2. The van der Waals surface area contributed by atoms with Crippen molar-refractivity contribution in [3.05, 3.63) is 21.6 Å². The minimum absolute atomic E-state index is 0.251. The van der Waals surface area contributed by atoms with E-state index in [2.05, 4.69) is 53.7 Å². The van der Waals surface area contributed by atoms with Crippen molar-refractivity contribution in [3.63, 3.8) is 0 Å². The molecule has 0 aromatic heterocycles. The molecule has 0 spiro atoms. The van der Waals surface area contributed by atoms with E-state index in [9.17, 15) is 4.79 Å². The molecule has 0 saturated heterocycles. The highest BCUT2D eigenvalue weighted by Gasteiger charge is 2.33. The van der Waals surface area contributed by atoms with Crippen molar-refractivity contribution >= 4 is 43.5 Å². The first-order valence-corrected chi connectivity index (χ1v) is 9.57. The predicted molar refractivity (Wildman–Crippen MR) is 99.9 cm³/mol. The van der Waals surface area contributed by atoms with Crippen molar-refractivity contribution in [1.82, 2.24) is 0 Å². The Kier molecular flexibility index (Phi) is 10.8. The zero-order valence-corrected chi connectivity index (χ0v) is 16.4. The lowest BCUT2D eigenvalue weighted by Gasteiger charge is -2.00. The number of nitrogens with zero attached hydrogens (tertiary/aromatic N) is 1. The van der Waals surface area contributed by atoms with Gasteiger partial charge >= 0.3 is 5.97 Å². The maximum absolute atomic E-state index is 11.1. The fourth-order valence-corrected chi connectivity index (χ4v) is 2.69. The molecule has 1 heterocycles. The fraction of sp³-hybridized carbons (Fsp3) is 0.647. The van der Waals surface area contributed by atoms with Gasteiger partial charge in [-0.15, -0.1) is 0 Å². The normalized spacial score (nSPS) is 16.5. The number of aliphatic imine (C=N–C) groups is 1. The van der Waals surface area contributed by atoms with E-state index in [1.807, 2.05) is 6.08 Å². The van der Waals surface area contributed by atoms with Crippen molar-refractivity contribution in [2.24, 2.45) is 4.99 Å². The third-order valence-electron chi connectivity index (χ3n) is 3.58. The number of halogens is 2. The van der Waals surface area contributed by atoms with Crippen LogP contribution in [0.3, 0.4) is 0 Å². The van der Waals surface area contributed by atoms with Gasteiger partial charge in [0.25, 0.3) is 0 Å². The molecule has 0 N–H and O–H groups in total. The smallest absolute Gasteiger partial charge is 0.336 e. The van der Waals surface area contributed by atoms with Crippen LogP contribution in [-0.2, 0) is 9.53 Å². The first kappa shape index (κ1) is 19.6. The van der Waals surface area contributed by atoms with Crippen molar-refractivity contribution < 1.29 is 9.53 Å². The predicted octanol–water partition coefficient (Wildman–Crippen LogP) is 5.68. The summed E-state index contributed by atoms with van der Waals surface area (Å²) >= 11 is 6.73. The van der Waals surface area contributed by atoms with Gasteiger partial charge in [-0.3, -0.25) is 4.99 Å². The lowest BCUT2D eigenvalue weighted by Crippen LogP contribution is -2.12. The van der Waals surface area contributed by atoms with Crippen LogP contribution in [0, 0.1) is 0 Å². The molecule has 1 aliphatic heterocycles. The minimum Gasteiger partial charge on any atom is -0.467 e. The summed E-state index contributed by atoms with van der Waals surface area (Å²) in [6.45, 7) is 0. The molecule has 0 amide bonds. The zero-order chi connectivity index (χ0) is 16.2. The van der Waals surface area contributed by atoms with E-state index in [1.165, 1.54) is 52.1 Å². The van der Waals surface area contributed by atoms with Gasteiger partial charge in [0.15, 0.2) is 6.04 Å². The number of unbranched alkanes of at least 4 members (excludes halogenated alkanes) is 8. The topological polar surface area (TPSA) is 38.7 Å². The second kappa shape index (κ2) is 12.1. The second-order valence-corrected chi connectivity index (χ2v) is 8.20. The summed E-state index contributed by atoms with van der Waals surface area (Å²) in [5.41, 5.74) is 0.857. The Hall–Kier alpha value is -0.420. The average molecular weight is 435 g/mol. The van der Waals surface area contributed by atoms with Crippen LogP contribution in [-0.4, -0.2) is 24.8 Å². The van der Waals surface area contributed by atoms with E-state index >= 15 is 0 Å². The molecule has 3 nitrogen and oxygen atoms in total. The van der Waals surface area contributed by atoms with E-state index in [0.717, 1.165) is 21.9 Å². The lowest BCUT2D eigenvalue weighted by atomic mass is 10.1. The van der Waals surface area contributed by atoms with Crippen LogP contribution in [0.4, 0.5) is 0 Å². The fourth-order valence-electron chi connectivity index (χ4n) is 2.24. The van der Waals surface area contributed by atoms with E-state index < -0.39 is 0 Å². The Balaban J connectivity index is 1.84. The average Bonchev–Trinajstić information content (AvgIpc) is 3.26. The molecule has 1 atom stereocenters. The van der Waals surface area contributed by atoms with Crippen LogP contribution in [0.25, 0.3) is 0 Å². The van der Waals surface area contributed by atoms with E-state index in [0.29, 0.717) is 0 Å². The highest BCUT2D eigenvalue weighted by Crippen LogP contribution is 2.17. The highest BCUT2D eigenvalue weighted by molar-refractivity contribution is 9.28. The van der Waals surface area contributed by atoms with Gasteiger partial charge in [0.2, 0.25) is 0 Å². The van der Waals surface area contributed by atoms with Gasteiger partial charge in [-0.1, -0.05) is 44.3 Å². The van der Waals surface area contributed by atoms with Crippen molar-refractivity contribution in [2.75, 3.05) is 7.11 Å². The molecule has 0 radical (unpaired) electrons. The maximum Gasteiger partial charge on any atom is 0.336 e. The van der Waals surface area contributed by atoms with Crippen molar-refractivity contribution in [1.29, 1.82) is 0 Å². The van der Waals surface area contributed by atoms with Gasteiger partial charge in [0.1, 0.15) is 0 Å². The summed E-state index contributed by atoms with van der Waals surface area (Å²) in [6.07, 6.45) is 17.5. The van der Waals surface area contributed by atoms with Gasteiger partial charge in [0, 0.05) is 0 Å². The molecule has 1 aliphatic rings. The number of hydrogen-bond acceptors (Lipinski definition) is 3. The summed E-state index contributed by atoms with van der Waals surface area (Å²) in [5.74, 6) is -0.251. The summed E-state index contributed by atoms with van der Waals surface area (Å²) in [6, 6.07) is -0.318. The Morgan fingerprint density at radius 2 is 1.68 bits per heavy atom. The molecule has 0 aliphatic carbocycles. The standard InChI is InChI=1S/C17H25Br2NO2/c1-22-17(21)16-14(20-16)12-10-8-6-4-2-3-5-7-9-11-13-15(18)19/h10,12-13,16H,2-9,11H2,1H3/b12-10-/t16-/m1/s1. The number of esters is 1. The monoisotopic (exact) mass is 433 g/mol. The number of ether oxygens (including phenoxy) is 1. The number of carbonyl (C=O) groups excluding carboxylic acids is 1. The highest BCUT2D eigenvalue weighted by atomic mass is 79.9. The Morgan fingerprint density at radius 3 is 2.27 bits per heavy atom. The zero-order valence-electron chi connectivity index (χ0n) is 13.2. The number of methoxy groups -OCH3 is 1. The van der Waals surface area contributed by atoms with Gasteiger partial charge in [0.05, 0.1) is 16.2 Å². The van der Waals surface area contributed by atoms with Gasteiger partial charge in [-0.25, -0.2) is 4.79 Å². The van der Waals surface area contributed by atoms with E-state index in [-0.39, 0.29) is 12.0 Å².